The predicted octanol–water partition coefficient (Wildman–Crippen LogP) is 2.63. The Kier molecular flexibility index (Phi) is 4.01. The van der Waals surface area contributed by atoms with E-state index in [9.17, 15) is 0 Å². The largest absolute Gasteiger partial charge is 0.445 e. The average molecular weight is 253 g/mol. The van der Waals surface area contributed by atoms with Gasteiger partial charge >= 0.3 is 6.08 Å². The van der Waals surface area contributed by atoms with E-state index >= 15 is 0 Å². The zero-order chi connectivity index (χ0) is 12.1. The second-order valence-corrected chi connectivity index (χ2v) is 3.99. The maximum absolute atomic E-state index is 5.79. The molecule has 2 aromatic rings. The summed E-state index contributed by atoms with van der Waals surface area (Å²) in [7, 11) is 1.85. The Morgan fingerprint density at radius 1 is 1.35 bits per heavy atom. The second-order valence-electron chi connectivity index (χ2n) is 3.55. The van der Waals surface area contributed by atoms with Crippen molar-refractivity contribution < 1.29 is 9.15 Å². The van der Waals surface area contributed by atoms with Crippen molar-refractivity contribution in [3.05, 3.63) is 46.8 Å². The van der Waals surface area contributed by atoms with Crippen LogP contribution in [0, 0.1) is 0 Å². The molecule has 0 saturated heterocycles. The number of ether oxygens (including phenoxy) is 1. The Hall–Kier alpha value is -1.52. The Bertz CT molecular complexity index is 468. The van der Waals surface area contributed by atoms with Crippen molar-refractivity contribution in [3.63, 3.8) is 0 Å². The van der Waals surface area contributed by atoms with Crippen LogP contribution in [-0.2, 0) is 13.2 Å². The lowest BCUT2D eigenvalue weighted by Crippen LogP contribution is -2.05. The van der Waals surface area contributed by atoms with E-state index < -0.39 is 0 Å². The fraction of sp³-hybridized carbons (Fsp3) is 0.250. The summed E-state index contributed by atoms with van der Waals surface area (Å²) in [6.45, 7) is 1.07. The highest BCUT2D eigenvalue weighted by Crippen LogP contribution is 2.14. The van der Waals surface area contributed by atoms with Gasteiger partial charge in [-0.1, -0.05) is 23.7 Å². The maximum Gasteiger partial charge on any atom is 0.394 e. The van der Waals surface area contributed by atoms with Gasteiger partial charge in [0.2, 0.25) is 0 Å². The maximum atomic E-state index is 5.79. The molecular weight excluding hydrogens is 240 g/mol. The molecule has 5 heteroatoms. The van der Waals surface area contributed by atoms with E-state index in [2.05, 4.69) is 10.3 Å². The van der Waals surface area contributed by atoms with E-state index in [4.69, 9.17) is 20.8 Å². The van der Waals surface area contributed by atoms with E-state index in [0.717, 1.165) is 11.3 Å². The molecule has 1 N–H and O–H groups in total. The fourth-order valence-electron chi connectivity index (χ4n) is 1.34. The highest BCUT2D eigenvalue weighted by Gasteiger charge is 2.04. The molecule has 0 radical (unpaired) electrons. The lowest BCUT2D eigenvalue weighted by molar-refractivity contribution is 0.220. The summed E-state index contributed by atoms with van der Waals surface area (Å²) in [5.74, 6) is 0. The van der Waals surface area contributed by atoms with Crippen molar-refractivity contribution in [2.24, 2.45) is 0 Å². The first-order valence-corrected chi connectivity index (χ1v) is 5.62. The van der Waals surface area contributed by atoms with Crippen molar-refractivity contribution in [2.75, 3.05) is 7.05 Å². The van der Waals surface area contributed by atoms with E-state index in [1.807, 2.05) is 31.3 Å². The van der Waals surface area contributed by atoms with Gasteiger partial charge < -0.3 is 14.5 Å². The summed E-state index contributed by atoms with van der Waals surface area (Å²) in [4.78, 5) is 4.16. The monoisotopic (exact) mass is 252 g/mol. The first-order chi connectivity index (χ1) is 8.28. The average Bonchev–Trinajstić information content (AvgIpc) is 2.77. The highest BCUT2D eigenvalue weighted by atomic mass is 35.5. The number of oxazole rings is 1. The molecule has 1 aromatic heterocycles. The summed E-state index contributed by atoms with van der Waals surface area (Å²) >= 11 is 5.79. The van der Waals surface area contributed by atoms with Crippen molar-refractivity contribution in [1.29, 1.82) is 0 Å². The lowest BCUT2D eigenvalue weighted by atomic mass is 10.2. The standard InChI is InChI=1S/C12H13ClN2O2/c1-14-6-11-8-17-12(15-11)16-7-9-2-4-10(13)5-3-9/h2-5,8,14H,6-7H2,1H3. The number of rotatable bonds is 5. The van der Waals surface area contributed by atoms with Crippen LogP contribution < -0.4 is 10.1 Å². The number of hydrogen-bond donors (Lipinski definition) is 1. The number of nitrogens with zero attached hydrogens (tertiary/aromatic N) is 1. The van der Waals surface area contributed by atoms with Crippen LogP contribution in [0.5, 0.6) is 6.08 Å². The first kappa shape index (κ1) is 12.0. The van der Waals surface area contributed by atoms with Gasteiger partial charge in [0.05, 0.1) is 5.69 Å². The van der Waals surface area contributed by atoms with Gasteiger partial charge in [-0.05, 0) is 24.7 Å². The molecule has 0 saturated carbocycles. The number of nitrogens with one attached hydrogen (secondary N) is 1. The summed E-state index contributed by atoms with van der Waals surface area (Å²) < 4.78 is 10.6. The Morgan fingerprint density at radius 2 is 2.12 bits per heavy atom. The quantitative estimate of drug-likeness (QED) is 0.889. The van der Waals surface area contributed by atoms with Crippen LogP contribution >= 0.6 is 11.6 Å². The van der Waals surface area contributed by atoms with Crippen molar-refractivity contribution >= 4 is 11.6 Å². The Balaban J connectivity index is 1.90. The minimum atomic E-state index is 0.283. The molecule has 90 valence electrons. The Morgan fingerprint density at radius 3 is 2.82 bits per heavy atom. The van der Waals surface area contributed by atoms with Gasteiger partial charge in [-0.25, -0.2) is 0 Å². The van der Waals surface area contributed by atoms with Gasteiger partial charge in [-0.3, -0.25) is 0 Å². The molecule has 4 nitrogen and oxygen atoms in total. The highest BCUT2D eigenvalue weighted by molar-refractivity contribution is 6.30. The molecular formula is C12H13ClN2O2. The zero-order valence-corrected chi connectivity index (χ0v) is 10.2. The van der Waals surface area contributed by atoms with Gasteiger partial charge in [0, 0.05) is 11.6 Å². The smallest absolute Gasteiger partial charge is 0.394 e. The Labute approximate surface area is 105 Å². The lowest BCUT2D eigenvalue weighted by Gasteiger charge is -2.01. The van der Waals surface area contributed by atoms with Crippen LogP contribution in [0.1, 0.15) is 11.3 Å². The molecule has 1 heterocycles. The molecule has 0 aliphatic carbocycles. The third-order valence-corrected chi connectivity index (χ3v) is 2.42. The van der Waals surface area contributed by atoms with E-state index in [-0.39, 0.29) is 6.08 Å². The fourth-order valence-corrected chi connectivity index (χ4v) is 1.47. The van der Waals surface area contributed by atoms with Crippen molar-refractivity contribution in [3.8, 4) is 6.08 Å². The molecule has 0 atom stereocenters. The van der Waals surface area contributed by atoms with E-state index in [0.29, 0.717) is 18.2 Å². The summed E-state index contributed by atoms with van der Waals surface area (Å²) in [6, 6.07) is 7.45. The first-order valence-electron chi connectivity index (χ1n) is 5.24. The predicted molar refractivity (Wildman–Crippen MR) is 65.1 cm³/mol. The molecule has 0 aliphatic heterocycles. The van der Waals surface area contributed by atoms with Gasteiger partial charge in [0.1, 0.15) is 12.9 Å². The molecule has 0 aliphatic rings. The normalized spacial score (nSPS) is 10.5. The summed E-state index contributed by atoms with van der Waals surface area (Å²) in [6.07, 6.45) is 1.86. The van der Waals surface area contributed by atoms with Gasteiger partial charge in [-0.15, -0.1) is 0 Å². The molecule has 0 spiro atoms. The number of benzene rings is 1. The summed E-state index contributed by atoms with van der Waals surface area (Å²) in [5, 5.41) is 3.69. The minimum Gasteiger partial charge on any atom is -0.445 e. The van der Waals surface area contributed by atoms with E-state index in [1.54, 1.807) is 6.26 Å². The summed E-state index contributed by atoms with van der Waals surface area (Å²) in [5.41, 5.74) is 1.83. The van der Waals surface area contributed by atoms with Crippen molar-refractivity contribution in [2.45, 2.75) is 13.2 Å². The molecule has 2 rings (SSSR count). The molecule has 0 amide bonds. The number of aromatic nitrogens is 1. The van der Waals surface area contributed by atoms with E-state index in [1.165, 1.54) is 0 Å². The number of halogens is 1. The van der Waals surface area contributed by atoms with Crippen LogP contribution in [-0.4, -0.2) is 12.0 Å². The minimum absolute atomic E-state index is 0.283. The van der Waals surface area contributed by atoms with Crippen LogP contribution in [0.15, 0.2) is 34.9 Å². The molecule has 1 aromatic carbocycles. The van der Waals surface area contributed by atoms with Crippen LogP contribution in [0.3, 0.4) is 0 Å². The zero-order valence-electron chi connectivity index (χ0n) is 9.44. The SMILES string of the molecule is CNCc1coc(OCc2ccc(Cl)cc2)n1. The number of hydrogen-bond acceptors (Lipinski definition) is 4. The molecule has 0 fully saturated rings. The van der Waals surface area contributed by atoms with Crippen LogP contribution in [0.4, 0.5) is 0 Å². The third kappa shape index (κ3) is 3.47. The van der Waals surface area contributed by atoms with Crippen LogP contribution in [0.25, 0.3) is 0 Å². The van der Waals surface area contributed by atoms with Gasteiger partial charge in [-0.2, -0.15) is 4.98 Å². The molecule has 0 bridgehead atoms. The topological polar surface area (TPSA) is 47.3 Å². The van der Waals surface area contributed by atoms with Crippen molar-refractivity contribution in [1.82, 2.24) is 10.3 Å². The molecule has 17 heavy (non-hydrogen) atoms. The second kappa shape index (κ2) is 5.70. The third-order valence-electron chi connectivity index (χ3n) is 2.16. The molecule has 0 unspecified atom stereocenters. The van der Waals surface area contributed by atoms with Gasteiger partial charge in [0.25, 0.3) is 0 Å². The van der Waals surface area contributed by atoms with Gasteiger partial charge in [0.15, 0.2) is 0 Å². The van der Waals surface area contributed by atoms with Crippen LogP contribution in [0.2, 0.25) is 5.02 Å².